The van der Waals surface area contributed by atoms with Crippen molar-refractivity contribution in [3.8, 4) is 23.1 Å². The molecule has 0 radical (unpaired) electrons. The second-order valence-corrected chi connectivity index (χ2v) is 3.73. The standard InChI is InChI=1S/C13H10N4O/c1-8-6-9(2-4-16-8)12-13(18)10(3-5-17-12)11(15)7-14/h2-6,15,18H,1H3. The first-order chi connectivity index (χ1) is 8.63. The van der Waals surface area contributed by atoms with Crippen LogP contribution in [0.3, 0.4) is 0 Å². The zero-order valence-corrected chi connectivity index (χ0v) is 9.68. The summed E-state index contributed by atoms with van der Waals surface area (Å²) in [4.78, 5) is 8.15. The van der Waals surface area contributed by atoms with E-state index in [1.54, 1.807) is 24.4 Å². The molecule has 2 aromatic rings. The average Bonchev–Trinajstić information content (AvgIpc) is 2.38. The van der Waals surface area contributed by atoms with Gasteiger partial charge in [0.05, 0.1) is 5.56 Å². The average molecular weight is 238 g/mol. The largest absolute Gasteiger partial charge is 0.505 e. The number of nitrogens with zero attached hydrogens (tertiary/aromatic N) is 3. The lowest BCUT2D eigenvalue weighted by Crippen LogP contribution is -1.98. The van der Waals surface area contributed by atoms with Crippen molar-refractivity contribution in [2.75, 3.05) is 0 Å². The van der Waals surface area contributed by atoms with Crippen LogP contribution in [0.5, 0.6) is 5.75 Å². The lowest BCUT2D eigenvalue weighted by atomic mass is 10.1. The van der Waals surface area contributed by atoms with E-state index in [-0.39, 0.29) is 17.0 Å². The van der Waals surface area contributed by atoms with Gasteiger partial charge in [-0.2, -0.15) is 5.26 Å². The van der Waals surface area contributed by atoms with Crippen LogP contribution in [0.4, 0.5) is 0 Å². The van der Waals surface area contributed by atoms with Crippen LogP contribution in [-0.4, -0.2) is 20.8 Å². The molecule has 2 heterocycles. The van der Waals surface area contributed by atoms with Gasteiger partial charge >= 0.3 is 0 Å². The van der Waals surface area contributed by atoms with Crippen LogP contribution in [0.2, 0.25) is 0 Å². The minimum atomic E-state index is -0.290. The fourth-order valence-electron chi connectivity index (χ4n) is 1.62. The predicted molar refractivity (Wildman–Crippen MR) is 66.3 cm³/mol. The van der Waals surface area contributed by atoms with Gasteiger partial charge in [-0.1, -0.05) is 0 Å². The van der Waals surface area contributed by atoms with E-state index in [4.69, 9.17) is 10.7 Å². The van der Waals surface area contributed by atoms with Crippen molar-refractivity contribution in [2.24, 2.45) is 0 Å². The Bertz CT molecular complexity index is 658. The number of aromatic nitrogens is 2. The van der Waals surface area contributed by atoms with E-state index in [0.717, 1.165) is 5.69 Å². The number of rotatable bonds is 2. The van der Waals surface area contributed by atoms with Crippen molar-refractivity contribution in [2.45, 2.75) is 6.92 Å². The Morgan fingerprint density at radius 1 is 1.33 bits per heavy atom. The monoisotopic (exact) mass is 238 g/mol. The van der Waals surface area contributed by atoms with Gasteiger partial charge in [-0.15, -0.1) is 0 Å². The number of pyridine rings is 2. The second-order valence-electron chi connectivity index (χ2n) is 3.73. The van der Waals surface area contributed by atoms with Crippen molar-refractivity contribution in [1.29, 1.82) is 10.7 Å². The van der Waals surface area contributed by atoms with Gasteiger partial charge in [0.2, 0.25) is 0 Å². The fourth-order valence-corrected chi connectivity index (χ4v) is 1.62. The van der Waals surface area contributed by atoms with E-state index >= 15 is 0 Å². The zero-order chi connectivity index (χ0) is 13.1. The second kappa shape index (κ2) is 4.63. The van der Waals surface area contributed by atoms with Gasteiger partial charge in [-0.05, 0) is 25.1 Å². The number of hydrogen-bond donors (Lipinski definition) is 2. The van der Waals surface area contributed by atoms with E-state index in [9.17, 15) is 5.11 Å². The quantitative estimate of drug-likeness (QED) is 0.783. The normalized spacial score (nSPS) is 9.78. The van der Waals surface area contributed by atoms with Crippen LogP contribution in [0, 0.1) is 23.7 Å². The lowest BCUT2D eigenvalue weighted by Gasteiger charge is -2.07. The first kappa shape index (κ1) is 11.7. The third-order valence-electron chi connectivity index (χ3n) is 2.48. The number of aryl methyl sites for hydroxylation is 1. The summed E-state index contributed by atoms with van der Waals surface area (Å²) in [6.07, 6.45) is 3.08. The highest BCUT2D eigenvalue weighted by Crippen LogP contribution is 2.30. The summed E-state index contributed by atoms with van der Waals surface area (Å²) in [6.45, 7) is 1.84. The highest BCUT2D eigenvalue weighted by Gasteiger charge is 2.13. The summed E-state index contributed by atoms with van der Waals surface area (Å²) in [5.41, 5.74) is 1.74. The van der Waals surface area contributed by atoms with Gasteiger partial charge in [-0.25, -0.2) is 0 Å². The van der Waals surface area contributed by atoms with Crippen molar-refractivity contribution in [3.63, 3.8) is 0 Å². The van der Waals surface area contributed by atoms with E-state index in [1.165, 1.54) is 12.3 Å². The van der Waals surface area contributed by atoms with Gasteiger partial charge in [0.15, 0.2) is 5.75 Å². The molecular formula is C13H10N4O. The minimum absolute atomic E-state index is 0.158. The summed E-state index contributed by atoms with van der Waals surface area (Å²) >= 11 is 0. The predicted octanol–water partition coefficient (Wildman–Crippen LogP) is 2.05. The maximum absolute atomic E-state index is 10.1. The molecule has 18 heavy (non-hydrogen) atoms. The first-order valence-corrected chi connectivity index (χ1v) is 5.23. The fraction of sp³-hybridized carbons (Fsp3) is 0.0769. The number of aromatic hydroxyl groups is 1. The summed E-state index contributed by atoms with van der Waals surface area (Å²) in [6, 6.07) is 6.63. The topological polar surface area (TPSA) is 93.7 Å². The van der Waals surface area contributed by atoms with Crippen molar-refractivity contribution < 1.29 is 5.11 Å². The van der Waals surface area contributed by atoms with Crippen LogP contribution < -0.4 is 0 Å². The highest BCUT2D eigenvalue weighted by atomic mass is 16.3. The van der Waals surface area contributed by atoms with Gasteiger partial charge in [-0.3, -0.25) is 15.4 Å². The van der Waals surface area contributed by atoms with Gasteiger partial charge < -0.3 is 5.11 Å². The molecule has 0 aliphatic rings. The summed E-state index contributed by atoms with van der Waals surface area (Å²) < 4.78 is 0. The van der Waals surface area contributed by atoms with E-state index in [2.05, 4.69) is 9.97 Å². The van der Waals surface area contributed by atoms with Crippen LogP contribution in [0.1, 0.15) is 11.3 Å². The molecule has 88 valence electrons. The maximum Gasteiger partial charge on any atom is 0.151 e. The summed E-state index contributed by atoms with van der Waals surface area (Å²) in [5.74, 6) is -0.158. The van der Waals surface area contributed by atoms with E-state index in [0.29, 0.717) is 11.3 Å². The third kappa shape index (κ3) is 2.04. The Balaban J connectivity index is 2.60. The Morgan fingerprint density at radius 2 is 2.06 bits per heavy atom. The van der Waals surface area contributed by atoms with Crippen molar-refractivity contribution in [3.05, 3.63) is 41.9 Å². The molecule has 0 saturated carbocycles. The molecule has 0 spiro atoms. The Morgan fingerprint density at radius 3 is 2.72 bits per heavy atom. The van der Waals surface area contributed by atoms with Gasteiger partial charge in [0.1, 0.15) is 17.5 Å². The molecule has 0 amide bonds. The molecule has 0 aromatic carbocycles. The molecular weight excluding hydrogens is 228 g/mol. The highest BCUT2D eigenvalue weighted by molar-refractivity contribution is 6.11. The number of hydrogen-bond acceptors (Lipinski definition) is 5. The molecule has 0 atom stereocenters. The number of nitriles is 1. The molecule has 0 aliphatic carbocycles. The van der Waals surface area contributed by atoms with Crippen LogP contribution >= 0.6 is 0 Å². The molecule has 0 fully saturated rings. The van der Waals surface area contributed by atoms with E-state index < -0.39 is 0 Å². The first-order valence-electron chi connectivity index (χ1n) is 5.23. The molecule has 0 unspecified atom stereocenters. The Hall–Kier alpha value is -2.74. The van der Waals surface area contributed by atoms with Crippen LogP contribution in [0.25, 0.3) is 11.3 Å². The Labute approximate surface area is 104 Å². The molecule has 2 aromatic heterocycles. The third-order valence-corrected chi connectivity index (χ3v) is 2.48. The maximum atomic E-state index is 10.1. The lowest BCUT2D eigenvalue weighted by molar-refractivity contribution is 0.474. The van der Waals surface area contributed by atoms with Gasteiger partial charge in [0, 0.05) is 23.7 Å². The molecule has 0 saturated heterocycles. The molecule has 0 aliphatic heterocycles. The van der Waals surface area contributed by atoms with Crippen molar-refractivity contribution >= 4 is 5.71 Å². The molecule has 5 heteroatoms. The summed E-state index contributed by atoms with van der Waals surface area (Å²) in [5, 5.41) is 26.2. The van der Waals surface area contributed by atoms with Crippen LogP contribution in [0.15, 0.2) is 30.6 Å². The molecule has 5 nitrogen and oxygen atoms in total. The SMILES string of the molecule is Cc1cc(-c2nccc(C(=N)C#N)c2O)ccn1. The smallest absolute Gasteiger partial charge is 0.151 e. The molecule has 2 rings (SSSR count). The number of nitrogens with one attached hydrogen (secondary N) is 1. The molecule has 2 N–H and O–H groups in total. The van der Waals surface area contributed by atoms with Crippen molar-refractivity contribution in [1.82, 2.24) is 9.97 Å². The van der Waals surface area contributed by atoms with Gasteiger partial charge in [0.25, 0.3) is 0 Å². The zero-order valence-electron chi connectivity index (χ0n) is 9.68. The minimum Gasteiger partial charge on any atom is -0.505 e. The van der Waals surface area contributed by atoms with Crippen LogP contribution in [-0.2, 0) is 0 Å². The summed E-state index contributed by atoms with van der Waals surface area (Å²) in [7, 11) is 0. The molecule has 0 bridgehead atoms. The van der Waals surface area contributed by atoms with E-state index in [1.807, 2.05) is 6.92 Å². The Kier molecular flexibility index (Phi) is 3.02.